The van der Waals surface area contributed by atoms with Crippen molar-refractivity contribution in [1.82, 2.24) is 9.78 Å². The molecule has 1 aliphatic heterocycles. The van der Waals surface area contributed by atoms with Gasteiger partial charge in [0.15, 0.2) is 17.3 Å². The zero-order chi connectivity index (χ0) is 19.8. The molecule has 2 N–H and O–H groups in total. The van der Waals surface area contributed by atoms with Gasteiger partial charge < -0.3 is 15.2 Å². The second kappa shape index (κ2) is 6.84. The van der Waals surface area contributed by atoms with Gasteiger partial charge in [-0.3, -0.25) is 9.59 Å². The van der Waals surface area contributed by atoms with Crippen molar-refractivity contribution in [2.45, 2.75) is 19.3 Å². The predicted molar refractivity (Wildman–Crippen MR) is 103 cm³/mol. The first-order valence-corrected chi connectivity index (χ1v) is 8.85. The molecule has 1 unspecified atom stereocenters. The number of nitrogens with zero attached hydrogens (tertiary/aromatic N) is 2. The fourth-order valence-electron chi connectivity index (χ4n) is 3.56. The van der Waals surface area contributed by atoms with Gasteiger partial charge in [0.1, 0.15) is 5.82 Å². The van der Waals surface area contributed by atoms with Gasteiger partial charge in [-0.25, -0.2) is 4.68 Å². The number of Topliss-reactive ketones (excluding diaryl/α,β-unsaturated/α-hetero) is 1. The van der Waals surface area contributed by atoms with Crippen molar-refractivity contribution in [1.29, 1.82) is 0 Å². The van der Waals surface area contributed by atoms with Crippen LogP contribution < -0.4 is 10.1 Å². The molecule has 2 heterocycles. The molecule has 1 aliphatic rings. The number of ether oxygens (including phenoxy) is 1. The summed E-state index contributed by atoms with van der Waals surface area (Å²) in [6.07, 6.45) is 0.0380. The third kappa shape index (κ3) is 2.90. The number of fused-ring (bicyclic) bond motifs is 1. The van der Waals surface area contributed by atoms with Crippen LogP contribution in [0.15, 0.2) is 48.5 Å². The minimum absolute atomic E-state index is 0.0380. The van der Waals surface area contributed by atoms with Gasteiger partial charge in [-0.15, -0.1) is 0 Å². The summed E-state index contributed by atoms with van der Waals surface area (Å²) in [6, 6.07) is 13.9. The maximum atomic E-state index is 13.2. The Hall–Kier alpha value is -3.61. The largest absolute Gasteiger partial charge is 0.504 e. The maximum absolute atomic E-state index is 13.2. The second-order valence-electron chi connectivity index (χ2n) is 6.65. The molecule has 0 bridgehead atoms. The van der Waals surface area contributed by atoms with E-state index in [9.17, 15) is 14.7 Å². The SMILES string of the molecule is COc1cc(C(=O)C2CC(=O)Nc3c2c(C)nn3-c2ccccc2)ccc1O. The lowest BCUT2D eigenvalue weighted by Gasteiger charge is -2.23. The normalized spacial score (nSPS) is 15.6. The number of anilines is 1. The summed E-state index contributed by atoms with van der Waals surface area (Å²) in [5, 5.41) is 17.2. The molecule has 142 valence electrons. The average Bonchev–Trinajstić information content (AvgIpc) is 3.04. The summed E-state index contributed by atoms with van der Waals surface area (Å²) in [5.74, 6) is -0.435. The Morgan fingerprint density at radius 3 is 2.71 bits per heavy atom. The van der Waals surface area contributed by atoms with Crippen molar-refractivity contribution in [2.24, 2.45) is 0 Å². The number of aryl methyl sites for hydroxylation is 1. The molecule has 3 aromatic rings. The molecule has 1 atom stereocenters. The second-order valence-corrected chi connectivity index (χ2v) is 6.65. The van der Waals surface area contributed by atoms with Crippen LogP contribution in [-0.2, 0) is 4.79 Å². The average molecular weight is 377 g/mol. The highest BCUT2D eigenvalue weighted by Crippen LogP contribution is 2.39. The zero-order valence-electron chi connectivity index (χ0n) is 15.5. The molecule has 1 aromatic heterocycles. The lowest BCUT2D eigenvalue weighted by molar-refractivity contribution is -0.116. The molecule has 4 rings (SSSR count). The van der Waals surface area contributed by atoms with Crippen LogP contribution in [0.2, 0.25) is 0 Å². The molecule has 2 aromatic carbocycles. The number of benzene rings is 2. The van der Waals surface area contributed by atoms with Crippen LogP contribution in [0.1, 0.15) is 34.0 Å². The number of rotatable bonds is 4. The van der Waals surface area contributed by atoms with Gasteiger partial charge in [-0.05, 0) is 37.3 Å². The molecule has 28 heavy (non-hydrogen) atoms. The smallest absolute Gasteiger partial charge is 0.226 e. The quantitative estimate of drug-likeness (QED) is 0.681. The Morgan fingerprint density at radius 2 is 2.00 bits per heavy atom. The standard InChI is InChI=1S/C21H19N3O4/c1-12-19-15(20(27)13-8-9-16(25)17(10-13)28-2)11-18(26)22-21(19)24(23-12)14-6-4-3-5-7-14/h3-10,15,25H,11H2,1-2H3,(H,22,26). The van der Waals surface area contributed by atoms with Crippen molar-refractivity contribution < 1.29 is 19.4 Å². The molecule has 0 spiro atoms. The highest BCUT2D eigenvalue weighted by Gasteiger charge is 2.36. The number of amides is 1. The molecule has 7 nitrogen and oxygen atoms in total. The number of methoxy groups -OCH3 is 1. The van der Waals surface area contributed by atoms with E-state index >= 15 is 0 Å². The van der Waals surface area contributed by atoms with Gasteiger partial charge in [0.25, 0.3) is 0 Å². The van der Waals surface area contributed by atoms with Crippen LogP contribution in [-0.4, -0.2) is 33.7 Å². The molecule has 0 saturated carbocycles. The van der Waals surface area contributed by atoms with Crippen LogP contribution in [0.3, 0.4) is 0 Å². The van der Waals surface area contributed by atoms with Crippen LogP contribution in [0, 0.1) is 6.92 Å². The number of hydrogen-bond donors (Lipinski definition) is 2. The van der Waals surface area contributed by atoms with Gasteiger partial charge >= 0.3 is 0 Å². The number of ketones is 1. The van der Waals surface area contributed by atoms with Crippen molar-refractivity contribution in [3.05, 3.63) is 65.4 Å². The number of aromatic hydroxyl groups is 1. The summed E-state index contributed by atoms with van der Waals surface area (Å²) in [5.41, 5.74) is 2.56. The lowest BCUT2D eigenvalue weighted by atomic mass is 9.85. The lowest BCUT2D eigenvalue weighted by Crippen LogP contribution is -2.28. The summed E-state index contributed by atoms with van der Waals surface area (Å²) in [7, 11) is 1.42. The van der Waals surface area contributed by atoms with E-state index in [0.717, 1.165) is 5.69 Å². The maximum Gasteiger partial charge on any atom is 0.226 e. The minimum atomic E-state index is -0.657. The van der Waals surface area contributed by atoms with E-state index in [1.165, 1.54) is 25.3 Å². The summed E-state index contributed by atoms with van der Waals surface area (Å²) >= 11 is 0. The van der Waals surface area contributed by atoms with E-state index in [-0.39, 0.29) is 29.6 Å². The number of para-hydroxylation sites is 1. The Kier molecular flexibility index (Phi) is 4.35. The Labute approximate surface area is 161 Å². The molecule has 0 radical (unpaired) electrons. The highest BCUT2D eigenvalue weighted by molar-refractivity contribution is 6.08. The molecule has 0 fully saturated rings. The first-order chi connectivity index (χ1) is 13.5. The molecule has 0 aliphatic carbocycles. The molecule has 1 amide bonds. The van der Waals surface area contributed by atoms with Gasteiger partial charge in [0, 0.05) is 17.5 Å². The van der Waals surface area contributed by atoms with E-state index in [1.807, 2.05) is 37.3 Å². The fraction of sp³-hybridized carbons (Fsp3) is 0.190. The van der Waals surface area contributed by atoms with Gasteiger partial charge in [0.2, 0.25) is 5.91 Å². The van der Waals surface area contributed by atoms with Gasteiger partial charge in [-0.2, -0.15) is 5.10 Å². The van der Waals surface area contributed by atoms with Crippen LogP contribution in [0.4, 0.5) is 5.82 Å². The number of hydrogen-bond acceptors (Lipinski definition) is 5. The third-order valence-electron chi connectivity index (χ3n) is 4.88. The number of carbonyl (C=O) groups excluding carboxylic acids is 2. The zero-order valence-corrected chi connectivity index (χ0v) is 15.5. The molecular weight excluding hydrogens is 358 g/mol. The summed E-state index contributed by atoms with van der Waals surface area (Å²) < 4.78 is 6.75. The molecule has 0 saturated heterocycles. The minimum Gasteiger partial charge on any atom is -0.504 e. The van der Waals surface area contributed by atoms with Crippen LogP contribution >= 0.6 is 0 Å². The van der Waals surface area contributed by atoms with Crippen molar-refractivity contribution >= 4 is 17.5 Å². The number of aromatic nitrogens is 2. The first-order valence-electron chi connectivity index (χ1n) is 8.85. The van der Waals surface area contributed by atoms with E-state index < -0.39 is 5.92 Å². The van der Waals surface area contributed by atoms with Crippen molar-refractivity contribution in [3.8, 4) is 17.2 Å². The Balaban J connectivity index is 1.80. The van der Waals surface area contributed by atoms with Gasteiger partial charge in [0.05, 0.1) is 24.4 Å². The van der Waals surface area contributed by atoms with E-state index in [4.69, 9.17) is 4.74 Å². The monoisotopic (exact) mass is 377 g/mol. The Bertz CT molecular complexity index is 1070. The van der Waals surface area contributed by atoms with E-state index in [1.54, 1.807) is 4.68 Å². The fourth-order valence-corrected chi connectivity index (χ4v) is 3.56. The van der Waals surface area contributed by atoms with Crippen molar-refractivity contribution in [3.63, 3.8) is 0 Å². The molecule has 7 heteroatoms. The number of nitrogens with one attached hydrogen (secondary N) is 1. The summed E-state index contributed by atoms with van der Waals surface area (Å²) in [4.78, 5) is 25.6. The van der Waals surface area contributed by atoms with Gasteiger partial charge in [-0.1, -0.05) is 18.2 Å². The first kappa shape index (κ1) is 17.8. The number of carbonyl (C=O) groups is 2. The van der Waals surface area contributed by atoms with E-state index in [2.05, 4.69) is 10.4 Å². The van der Waals surface area contributed by atoms with Crippen LogP contribution in [0.25, 0.3) is 5.69 Å². The number of phenolic OH excluding ortho intramolecular Hbond substituents is 1. The topological polar surface area (TPSA) is 93.5 Å². The van der Waals surface area contributed by atoms with Crippen LogP contribution in [0.5, 0.6) is 11.5 Å². The number of phenols is 1. The van der Waals surface area contributed by atoms with Crippen molar-refractivity contribution in [2.75, 3.05) is 12.4 Å². The third-order valence-corrected chi connectivity index (χ3v) is 4.88. The predicted octanol–water partition coefficient (Wildman–Crippen LogP) is 3.20. The molecular formula is C21H19N3O4. The highest BCUT2D eigenvalue weighted by atomic mass is 16.5. The Morgan fingerprint density at radius 1 is 1.25 bits per heavy atom. The summed E-state index contributed by atoms with van der Waals surface area (Å²) in [6.45, 7) is 1.83. The van der Waals surface area contributed by atoms with E-state index in [0.29, 0.717) is 22.6 Å².